The molecule has 1 aliphatic heterocycles. The molecule has 1 heterocycles. The highest BCUT2D eigenvalue weighted by molar-refractivity contribution is 8.18. The number of nitrogens with zero attached hydrogens (tertiary/aromatic N) is 1. The standard InChI is InChI=1S/C14H15NO4S/c1-8(2)15-13(17)11(20-14(15)18)7-9-5-4-6-10(19-3)12(9)16/h4-8,16H,1-3H3/b11-7-. The third-order valence-corrected chi connectivity index (χ3v) is 3.76. The van der Waals surface area contributed by atoms with Crippen molar-refractivity contribution in [3.05, 3.63) is 28.7 Å². The molecular formula is C14H15NO4S. The molecule has 0 spiro atoms. The number of phenols is 1. The van der Waals surface area contributed by atoms with Gasteiger partial charge in [0.2, 0.25) is 0 Å². The first-order valence-corrected chi connectivity index (χ1v) is 6.90. The Morgan fingerprint density at radius 3 is 2.60 bits per heavy atom. The molecular weight excluding hydrogens is 278 g/mol. The summed E-state index contributed by atoms with van der Waals surface area (Å²) in [5, 5.41) is 9.69. The zero-order chi connectivity index (χ0) is 14.9. The number of rotatable bonds is 3. The summed E-state index contributed by atoms with van der Waals surface area (Å²) >= 11 is 0.874. The van der Waals surface area contributed by atoms with Crippen molar-refractivity contribution in [1.82, 2.24) is 4.90 Å². The van der Waals surface area contributed by atoms with Gasteiger partial charge in [-0.1, -0.05) is 12.1 Å². The maximum absolute atomic E-state index is 12.1. The first-order valence-electron chi connectivity index (χ1n) is 6.08. The molecule has 20 heavy (non-hydrogen) atoms. The number of para-hydroxylation sites is 1. The summed E-state index contributed by atoms with van der Waals surface area (Å²) in [6.45, 7) is 3.56. The van der Waals surface area contributed by atoms with Crippen molar-refractivity contribution < 1.29 is 19.4 Å². The summed E-state index contributed by atoms with van der Waals surface area (Å²) in [4.78, 5) is 25.4. The van der Waals surface area contributed by atoms with Crippen LogP contribution >= 0.6 is 11.8 Å². The van der Waals surface area contributed by atoms with Gasteiger partial charge in [0, 0.05) is 11.6 Å². The third kappa shape index (κ3) is 2.51. The van der Waals surface area contributed by atoms with Crippen LogP contribution in [0.25, 0.3) is 6.08 Å². The number of carbonyl (C=O) groups is 2. The van der Waals surface area contributed by atoms with Crippen molar-refractivity contribution in [2.45, 2.75) is 19.9 Å². The second-order valence-electron chi connectivity index (χ2n) is 4.54. The van der Waals surface area contributed by atoms with Crippen LogP contribution < -0.4 is 4.74 Å². The number of phenolic OH excluding ortho intramolecular Hbond substituents is 1. The van der Waals surface area contributed by atoms with Gasteiger partial charge in [0.05, 0.1) is 12.0 Å². The minimum absolute atomic E-state index is 0.0497. The number of benzene rings is 1. The summed E-state index contributed by atoms with van der Waals surface area (Å²) in [7, 11) is 1.45. The van der Waals surface area contributed by atoms with Crippen molar-refractivity contribution in [2.75, 3.05) is 7.11 Å². The van der Waals surface area contributed by atoms with E-state index in [-0.39, 0.29) is 22.9 Å². The molecule has 0 bridgehead atoms. The van der Waals surface area contributed by atoms with Gasteiger partial charge in [-0.05, 0) is 37.8 Å². The zero-order valence-electron chi connectivity index (χ0n) is 11.4. The summed E-state index contributed by atoms with van der Waals surface area (Å²) in [5.41, 5.74) is 0.443. The number of aromatic hydroxyl groups is 1. The Bertz CT molecular complexity index is 595. The molecule has 0 unspecified atom stereocenters. The number of thioether (sulfide) groups is 1. The van der Waals surface area contributed by atoms with Gasteiger partial charge >= 0.3 is 0 Å². The van der Waals surface area contributed by atoms with Crippen molar-refractivity contribution in [3.8, 4) is 11.5 Å². The Morgan fingerprint density at radius 2 is 2.05 bits per heavy atom. The molecule has 2 rings (SSSR count). The monoisotopic (exact) mass is 293 g/mol. The molecule has 0 aliphatic carbocycles. The minimum Gasteiger partial charge on any atom is -0.504 e. The fourth-order valence-electron chi connectivity index (χ4n) is 1.89. The predicted octanol–water partition coefficient (Wildman–Crippen LogP) is 2.85. The van der Waals surface area contributed by atoms with Crippen molar-refractivity contribution >= 4 is 29.0 Å². The Hall–Kier alpha value is -1.95. The Balaban J connectivity index is 2.38. The number of ether oxygens (including phenoxy) is 1. The molecule has 1 aromatic carbocycles. The van der Waals surface area contributed by atoms with E-state index in [0.29, 0.717) is 16.2 Å². The number of hydrogen-bond acceptors (Lipinski definition) is 5. The van der Waals surface area contributed by atoms with Gasteiger partial charge in [0.1, 0.15) is 0 Å². The SMILES string of the molecule is COc1cccc(/C=C2\SC(=O)N(C(C)C)C2=O)c1O. The highest BCUT2D eigenvalue weighted by Crippen LogP contribution is 2.37. The summed E-state index contributed by atoms with van der Waals surface area (Å²) < 4.78 is 5.01. The Labute approximate surface area is 121 Å². The van der Waals surface area contributed by atoms with Crippen LogP contribution in [0.5, 0.6) is 11.5 Å². The summed E-state index contributed by atoms with van der Waals surface area (Å²) in [5.74, 6) is -0.0644. The normalized spacial score (nSPS) is 17.4. The first kappa shape index (κ1) is 14.5. The quantitative estimate of drug-likeness (QED) is 0.868. The molecule has 2 amide bonds. The zero-order valence-corrected chi connectivity index (χ0v) is 12.2. The number of carbonyl (C=O) groups excluding carboxylic acids is 2. The van der Waals surface area contributed by atoms with Crippen LogP contribution in [0.1, 0.15) is 19.4 Å². The van der Waals surface area contributed by atoms with Gasteiger partial charge in [-0.2, -0.15) is 0 Å². The van der Waals surface area contributed by atoms with Crippen LogP contribution in [0, 0.1) is 0 Å². The topological polar surface area (TPSA) is 66.8 Å². The van der Waals surface area contributed by atoms with Crippen molar-refractivity contribution in [3.63, 3.8) is 0 Å². The largest absolute Gasteiger partial charge is 0.504 e. The van der Waals surface area contributed by atoms with Crippen LogP contribution in [0.4, 0.5) is 4.79 Å². The average molecular weight is 293 g/mol. The van der Waals surface area contributed by atoms with E-state index in [9.17, 15) is 14.7 Å². The van der Waals surface area contributed by atoms with Gasteiger partial charge in [0.15, 0.2) is 11.5 Å². The second kappa shape index (κ2) is 5.58. The molecule has 6 heteroatoms. The van der Waals surface area contributed by atoms with E-state index >= 15 is 0 Å². The smallest absolute Gasteiger partial charge is 0.293 e. The third-order valence-electron chi connectivity index (χ3n) is 2.88. The van der Waals surface area contributed by atoms with E-state index in [4.69, 9.17) is 4.74 Å². The van der Waals surface area contributed by atoms with E-state index in [0.717, 1.165) is 11.8 Å². The van der Waals surface area contributed by atoms with E-state index in [1.54, 1.807) is 32.0 Å². The number of methoxy groups -OCH3 is 1. The molecule has 1 aromatic rings. The number of imide groups is 1. The lowest BCUT2D eigenvalue weighted by Crippen LogP contribution is -2.34. The lowest BCUT2D eigenvalue weighted by Gasteiger charge is -2.16. The Kier molecular flexibility index (Phi) is 4.04. The predicted molar refractivity (Wildman–Crippen MR) is 77.6 cm³/mol. The molecule has 1 aliphatic rings. The first-order chi connectivity index (χ1) is 9.45. The molecule has 1 fully saturated rings. The van der Waals surface area contributed by atoms with Gasteiger partial charge in [-0.15, -0.1) is 0 Å². The number of amides is 2. The van der Waals surface area contributed by atoms with Gasteiger partial charge < -0.3 is 9.84 Å². The maximum atomic E-state index is 12.1. The maximum Gasteiger partial charge on any atom is 0.293 e. The highest BCUT2D eigenvalue weighted by Gasteiger charge is 2.36. The van der Waals surface area contributed by atoms with Crippen LogP contribution in [0.15, 0.2) is 23.1 Å². The van der Waals surface area contributed by atoms with Crippen molar-refractivity contribution in [2.24, 2.45) is 0 Å². The van der Waals surface area contributed by atoms with Crippen molar-refractivity contribution in [1.29, 1.82) is 0 Å². The Morgan fingerprint density at radius 1 is 1.35 bits per heavy atom. The molecule has 0 radical (unpaired) electrons. The summed E-state index contributed by atoms with van der Waals surface area (Å²) in [6.07, 6.45) is 1.51. The van der Waals surface area contributed by atoms with E-state index < -0.39 is 0 Å². The number of hydrogen-bond donors (Lipinski definition) is 1. The van der Waals surface area contributed by atoms with E-state index in [1.165, 1.54) is 18.1 Å². The van der Waals surface area contributed by atoms with E-state index in [1.807, 2.05) is 0 Å². The van der Waals surface area contributed by atoms with Crippen LogP contribution in [0.3, 0.4) is 0 Å². The lowest BCUT2D eigenvalue weighted by molar-refractivity contribution is -0.123. The van der Waals surface area contributed by atoms with Gasteiger partial charge in [-0.25, -0.2) is 0 Å². The fourth-order valence-corrected chi connectivity index (χ4v) is 2.84. The molecule has 5 nitrogen and oxygen atoms in total. The van der Waals surface area contributed by atoms with Crippen LogP contribution in [0.2, 0.25) is 0 Å². The second-order valence-corrected chi connectivity index (χ2v) is 5.54. The van der Waals surface area contributed by atoms with E-state index in [2.05, 4.69) is 0 Å². The molecule has 1 saturated heterocycles. The molecule has 0 atom stereocenters. The fraction of sp³-hybridized carbons (Fsp3) is 0.286. The van der Waals surface area contributed by atoms with Gasteiger partial charge in [-0.3, -0.25) is 14.5 Å². The van der Waals surface area contributed by atoms with Crippen LogP contribution in [-0.4, -0.2) is 34.3 Å². The summed E-state index contributed by atoms with van der Waals surface area (Å²) in [6, 6.07) is 4.79. The molecule has 0 aromatic heterocycles. The van der Waals surface area contributed by atoms with Gasteiger partial charge in [0.25, 0.3) is 11.1 Å². The average Bonchev–Trinajstić information content (AvgIpc) is 2.67. The minimum atomic E-state index is -0.336. The lowest BCUT2D eigenvalue weighted by atomic mass is 10.1. The highest BCUT2D eigenvalue weighted by atomic mass is 32.2. The molecule has 106 valence electrons. The molecule has 0 saturated carbocycles. The molecule has 1 N–H and O–H groups in total. The van der Waals surface area contributed by atoms with Crippen LogP contribution in [-0.2, 0) is 4.79 Å².